The van der Waals surface area contributed by atoms with Crippen LogP contribution < -0.4 is 5.32 Å². The molecule has 0 aliphatic carbocycles. The fourth-order valence-electron chi connectivity index (χ4n) is 3.07. The van der Waals surface area contributed by atoms with Gasteiger partial charge in [-0.15, -0.1) is 11.8 Å². The quantitative estimate of drug-likeness (QED) is 0.711. The van der Waals surface area contributed by atoms with E-state index in [1.807, 2.05) is 0 Å². The molecule has 0 bridgehead atoms. The lowest BCUT2D eigenvalue weighted by molar-refractivity contribution is -0.120. The van der Waals surface area contributed by atoms with Crippen molar-refractivity contribution in [2.45, 2.75) is 24.6 Å². The molecular formula is C17H20N2O5S2. The minimum absolute atomic E-state index is 0.00876. The van der Waals surface area contributed by atoms with Crippen LogP contribution in [0.2, 0.25) is 0 Å². The molecule has 1 N–H and O–H groups in total. The monoisotopic (exact) mass is 396 g/mol. The first-order valence-electron chi connectivity index (χ1n) is 8.36. The van der Waals surface area contributed by atoms with Gasteiger partial charge in [0.05, 0.1) is 27.9 Å². The van der Waals surface area contributed by atoms with Gasteiger partial charge in [-0.2, -0.15) is 0 Å². The number of imide groups is 1. The van der Waals surface area contributed by atoms with Crippen LogP contribution in [0.1, 0.15) is 34.1 Å². The molecule has 140 valence electrons. The highest BCUT2D eigenvalue weighted by Crippen LogP contribution is 2.23. The lowest BCUT2D eigenvalue weighted by atomic mass is 10.1. The second kappa shape index (κ2) is 7.40. The van der Waals surface area contributed by atoms with Crippen LogP contribution in [0, 0.1) is 0 Å². The second-order valence-corrected chi connectivity index (χ2v) is 10.1. The van der Waals surface area contributed by atoms with Crippen LogP contribution in [-0.2, 0) is 14.6 Å². The Balaban J connectivity index is 1.47. The van der Waals surface area contributed by atoms with Gasteiger partial charge < -0.3 is 5.32 Å². The van der Waals surface area contributed by atoms with E-state index in [-0.39, 0.29) is 41.8 Å². The van der Waals surface area contributed by atoms with E-state index in [9.17, 15) is 22.8 Å². The number of sulfone groups is 1. The lowest BCUT2D eigenvalue weighted by Crippen LogP contribution is -2.40. The van der Waals surface area contributed by atoms with E-state index in [0.29, 0.717) is 23.3 Å². The van der Waals surface area contributed by atoms with Crippen LogP contribution in [0.5, 0.6) is 0 Å². The third-order valence-electron chi connectivity index (χ3n) is 4.51. The molecule has 7 nitrogen and oxygen atoms in total. The number of carbonyl (C=O) groups is 3. The Labute approximate surface area is 156 Å². The maximum Gasteiger partial charge on any atom is 0.261 e. The Morgan fingerprint density at radius 2 is 1.88 bits per heavy atom. The van der Waals surface area contributed by atoms with Gasteiger partial charge in [0.2, 0.25) is 5.91 Å². The number of fused-ring (bicyclic) bond motifs is 1. The van der Waals surface area contributed by atoms with Gasteiger partial charge in [-0.05, 0) is 25.5 Å². The van der Waals surface area contributed by atoms with Gasteiger partial charge in [0.15, 0.2) is 9.84 Å². The number of amides is 3. The predicted octanol–water partition coefficient (Wildman–Crippen LogP) is 0.708. The van der Waals surface area contributed by atoms with Crippen LogP contribution in [0.3, 0.4) is 0 Å². The normalized spacial score (nSPS) is 22.3. The average Bonchev–Trinajstić information content (AvgIpc) is 3.06. The van der Waals surface area contributed by atoms with Crippen molar-refractivity contribution in [3.05, 3.63) is 35.4 Å². The van der Waals surface area contributed by atoms with Crippen molar-refractivity contribution in [3.63, 3.8) is 0 Å². The summed E-state index contributed by atoms with van der Waals surface area (Å²) in [6, 6.07) is 6.38. The molecule has 3 amide bonds. The molecule has 3 rings (SSSR count). The second-order valence-electron chi connectivity index (χ2n) is 6.43. The summed E-state index contributed by atoms with van der Waals surface area (Å²) in [6.07, 6.45) is 0.445. The Bertz CT molecular complexity index is 817. The molecule has 2 heterocycles. The Kier molecular flexibility index (Phi) is 5.38. The van der Waals surface area contributed by atoms with Crippen LogP contribution in [0.15, 0.2) is 24.3 Å². The SMILES string of the molecule is C[C@H](SCCN1C(=O)c2ccccc2C1=O)C(=O)N[C@@H]1CCS(=O)(=O)C1. The minimum Gasteiger partial charge on any atom is -0.351 e. The van der Waals surface area contributed by atoms with E-state index in [4.69, 9.17) is 0 Å². The van der Waals surface area contributed by atoms with E-state index >= 15 is 0 Å². The summed E-state index contributed by atoms with van der Waals surface area (Å²) in [7, 11) is -3.04. The molecule has 26 heavy (non-hydrogen) atoms. The van der Waals surface area contributed by atoms with Gasteiger partial charge in [-0.3, -0.25) is 19.3 Å². The zero-order chi connectivity index (χ0) is 18.9. The molecule has 0 aromatic heterocycles. The predicted molar refractivity (Wildman–Crippen MR) is 98.9 cm³/mol. The van der Waals surface area contributed by atoms with E-state index in [1.54, 1.807) is 31.2 Å². The topological polar surface area (TPSA) is 101 Å². The maximum atomic E-state index is 12.3. The summed E-state index contributed by atoms with van der Waals surface area (Å²) in [6.45, 7) is 1.96. The zero-order valence-corrected chi connectivity index (χ0v) is 15.9. The van der Waals surface area contributed by atoms with Crippen molar-refractivity contribution < 1.29 is 22.8 Å². The maximum absolute atomic E-state index is 12.3. The third-order valence-corrected chi connectivity index (χ3v) is 7.41. The largest absolute Gasteiger partial charge is 0.351 e. The summed E-state index contributed by atoms with van der Waals surface area (Å²) >= 11 is 1.33. The molecule has 1 aromatic carbocycles. The average molecular weight is 396 g/mol. The van der Waals surface area contributed by atoms with Crippen molar-refractivity contribution in [3.8, 4) is 0 Å². The number of hydrogen-bond acceptors (Lipinski definition) is 6. The van der Waals surface area contributed by atoms with Crippen LogP contribution >= 0.6 is 11.8 Å². The van der Waals surface area contributed by atoms with E-state index in [2.05, 4.69) is 5.32 Å². The van der Waals surface area contributed by atoms with E-state index < -0.39 is 15.1 Å². The first kappa shape index (κ1) is 18.9. The van der Waals surface area contributed by atoms with Gasteiger partial charge >= 0.3 is 0 Å². The van der Waals surface area contributed by atoms with Gasteiger partial charge in [-0.1, -0.05) is 12.1 Å². The zero-order valence-electron chi connectivity index (χ0n) is 14.3. The third kappa shape index (κ3) is 3.93. The highest BCUT2D eigenvalue weighted by atomic mass is 32.2. The number of nitrogens with zero attached hydrogens (tertiary/aromatic N) is 1. The van der Waals surface area contributed by atoms with Crippen LogP contribution in [-0.4, -0.2) is 66.1 Å². The van der Waals surface area contributed by atoms with Gasteiger partial charge in [0, 0.05) is 18.3 Å². The molecule has 0 spiro atoms. The van der Waals surface area contributed by atoms with Crippen molar-refractivity contribution in [1.29, 1.82) is 0 Å². The van der Waals surface area contributed by atoms with Crippen molar-refractivity contribution >= 4 is 39.3 Å². The van der Waals surface area contributed by atoms with Crippen molar-refractivity contribution in [1.82, 2.24) is 10.2 Å². The molecular weight excluding hydrogens is 376 g/mol. The van der Waals surface area contributed by atoms with E-state index in [0.717, 1.165) is 0 Å². The smallest absolute Gasteiger partial charge is 0.261 e. The number of rotatable bonds is 6. The Hall–Kier alpha value is -1.87. The molecule has 1 saturated heterocycles. The van der Waals surface area contributed by atoms with Crippen LogP contribution in [0.4, 0.5) is 0 Å². The fourth-order valence-corrected chi connectivity index (χ4v) is 5.60. The summed E-state index contributed by atoms with van der Waals surface area (Å²) in [5.74, 6) is -0.300. The number of thioether (sulfide) groups is 1. The molecule has 1 aromatic rings. The van der Waals surface area contributed by atoms with Crippen molar-refractivity contribution in [2.24, 2.45) is 0 Å². The summed E-state index contributed by atoms with van der Waals surface area (Å²) in [4.78, 5) is 37.9. The summed E-state index contributed by atoms with van der Waals surface area (Å²) < 4.78 is 22.9. The van der Waals surface area contributed by atoms with Crippen LogP contribution in [0.25, 0.3) is 0 Å². The van der Waals surface area contributed by atoms with E-state index in [1.165, 1.54) is 16.7 Å². The van der Waals surface area contributed by atoms with Gasteiger partial charge in [-0.25, -0.2) is 8.42 Å². The molecule has 9 heteroatoms. The first-order chi connectivity index (χ1) is 12.3. The molecule has 0 unspecified atom stereocenters. The lowest BCUT2D eigenvalue weighted by Gasteiger charge is -2.17. The minimum atomic E-state index is -3.04. The van der Waals surface area contributed by atoms with Gasteiger partial charge in [0.25, 0.3) is 11.8 Å². The first-order valence-corrected chi connectivity index (χ1v) is 11.2. The highest BCUT2D eigenvalue weighted by Gasteiger charge is 2.35. The molecule has 0 radical (unpaired) electrons. The number of nitrogens with one attached hydrogen (secondary N) is 1. The number of benzene rings is 1. The standard InChI is InChI=1S/C17H20N2O5S2/c1-11(15(20)18-12-6-9-26(23,24)10-12)25-8-7-19-16(21)13-4-2-3-5-14(13)17(19)22/h2-5,11-12H,6-10H2,1H3,(H,18,20)/t11-,12+/m0/s1. The molecule has 0 saturated carbocycles. The fraction of sp³-hybridized carbons (Fsp3) is 0.471. The molecule has 2 aliphatic heterocycles. The van der Waals surface area contributed by atoms with Crippen molar-refractivity contribution in [2.75, 3.05) is 23.8 Å². The molecule has 2 aliphatic rings. The molecule has 1 fully saturated rings. The van der Waals surface area contributed by atoms with Gasteiger partial charge in [0.1, 0.15) is 0 Å². The highest BCUT2D eigenvalue weighted by molar-refractivity contribution is 8.00. The summed E-state index contributed by atoms with van der Waals surface area (Å²) in [5, 5.41) is 2.36. The Morgan fingerprint density at radius 3 is 2.42 bits per heavy atom. The summed E-state index contributed by atoms with van der Waals surface area (Å²) in [5.41, 5.74) is 0.825. The number of carbonyl (C=O) groups excluding carboxylic acids is 3. The Morgan fingerprint density at radius 1 is 1.27 bits per heavy atom. The molecule has 2 atom stereocenters. The number of hydrogen-bond donors (Lipinski definition) is 1.